The van der Waals surface area contributed by atoms with Crippen LogP contribution in [0.15, 0.2) is 78.9 Å². The van der Waals surface area contributed by atoms with Gasteiger partial charge in [0.2, 0.25) is 5.91 Å². The SMILES string of the molecule is CCOC(OCC)[C@H](C)N(Cc1ccccc1)C(=O)C(CC(=O)OC(C)(C)C)NC(=O)OCC1c2ccccc2-c2ccccc21. The van der Waals surface area contributed by atoms with Crippen molar-refractivity contribution in [3.63, 3.8) is 0 Å². The number of nitrogens with zero attached hydrogens (tertiary/aromatic N) is 1. The maximum Gasteiger partial charge on any atom is 0.407 e. The van der Waals surface area contributed by atoms with E-state index < -0.39 is 41.9 Å². The normalized spacial score (nSPS) is 13.8. The fourth-order valence-electron chi connectivity index (χ4n) is 5.74. The van der Waals surface area contributed by atoms with E-state index in [9.17, 15) is 14.4 Å². The molecule has 0 heterocycles. The fourth-order valence-corrected chi connectivity index (χ4v) is 5.74. The second kappa shape index (κ2) is 15.9. The maximum atomic E-state index is 14.4. The number of benzene rings is 3. The molecule has 0 fully saturated rings. The second-order valence-electron chi connectivity index (χ2n) is 12.3. The molecule has 0 aromatic heterocycles. The van der Waals surface area contributed by atoms with Gasteiger partial charge in [-0.1, -0.05) is 78.9 Å². The molecule has 9 heteroatoms. The van der Waals surface area contributed by atoms with Gasteiger partial charge in [0.05, 0.1) is 12.5 Å². The Bertz CT molecular complexity index is 1420. The first-order chi connectivity index (χ1) is 22.0. The third kappa shape index (κ3) is 8.95. The molecule has 2 atom stereocenters. The largest absolute Gasteiger partial charge is 0.460 e. The number of carbonyl (C=O) groups is 3. The molecule has 46 heavy (non-hydrogen) atoms. The molecule has 0 bridgehead atoms. The summed E-state index contributed by atoms with van der Waals surface area (Å²) in [5, 5.41) is 2.69. The molecule has 1 unspecified atom stereocenters. The molecule has 246 valence electrons. The van der Waals surface area contributed by atoms with E-state index in [4.69, 9.17) is 18.9 Å². The first kappa shape index (κ1) is 34.7. The van der Waals surface area contributed by atoms with E-state index in [0.717, 1.165) is 27.8 Å². The Morgan fingerprint density at radius 2 is 1.37 bits per heavy atom. The van der Waals surface area contributed by atoms with E-state index in [2.05, 4.69) is 17.4 Å². The Balaban J connectivity index is 1.58. The summed E-state index contributed by atoms with van der Waals surface area (Å²) >= 11 is 0. The predicted octanol–water partition coefficient (Wildman–Crippen LogP) is 6.44. The van der Waals surface area contributed by atoms with Gasteiger partial charge in [0.1, 0.15) is 18.2 Å². The lowest BCUT2D eigenvalue weighted by atomic mass is 9.98. The molecule has 0 radical (unpaired) electrons. The minimum absolute atomic E-state index is 0.0636. The van der Waals surface area contributed by atoms with Gasteiger partial charge >= 0.3 is 12.1 Å². The highest BCUT2D eigenvalue weighted by Gasteiger charge is 2.36. The smallest absolute Gasteiger partial charge is 0.407 e. The van der Waals surface area contributed by atoms with Gasteiger partial charge in [-0.3, -0.25) is 9.59 Å². The van der Waals surface area contributed by atoms with Crippen molar-refractivity contribution >= 4 is 18.0 Å². The topological polar surface area (TPSA) is 103 Å². The lowest BCUT2D eigenvalue weighted by Gasteiger charge is -2.36. The van der Waals surface area contributed by atoms with E-state index in [0.29, 0.717) is 13.2 Å². The fraction of sp³-hybridized carbons (Fsp3) is 0.432. The highest BCUT2D eigenvalue weighted by Crippen LogP contribution is 2.44. The lowest BCUT2D eigenvalue weighted by molar-refractivity contribution is -0.180. The van der Waals surface area contributed by atoms with Crippen LogP contribution in [0, 0.1) is 0 Å². The number of hydrogen-bond donors (Lipinski definition) is 1. The van der Waals surface area contributed by atoms with Crippen LogP contribution in [0.1, 0.15) is 70.6 Å². The summed E-state index contributed by atoms with van der Waals surface area (Å²) in [4.78, 5) is 42.4. The van der Waals surface area contributed by atoms with Gasteiger partial charge in [-0.2, -0.15) is 0 Å². The molecule has 1 aliphatic rings. The molecule has 0 spiro atoms. The Morgan fingerprint density at radius 3 is 1.91 bits per heavy atom. The van der Waals surface area contributed by atoms with Gasteiger partial charge in [-0.05, 0) is 69.4 Å². The minimum atomic E-state index is -1.26. The molecular formula is C37H46N2O7. The van der Waals surface area contributed by atoms with Crippen molar-refractivity contribution in [2.45, 2.75) is 84.4 Å². The van der Waals surface area contributed by atoms with Crippen LogP contribution in [-0.4, -0.2) is 66.7 Å². The number of ether oxygens (including phenoxy) is 4. The molecule has 9 nitrogen and oxygen atoms in total. The van der Waals surface area contributed by atoms with Crippen molar-refractivity contribution in [3.8, 4) is 11.1 Å². The Labute approximate surface area is 272 Å². The summed E-state index contributed by atoms with van der Waals surface area (Å²) in [7, 11) is 0. The summed E-state index contributed by atoms with van der Waals surface area (Å²) < 4.78 is 23.0. The van der Waals surface area contributed by atoms with Crippen LogP contribution in [0.4, 0.5) is 4.79 Å². The van der Waals surface area contributed by atoms with E-state index in [1.165, 1.54) is 0 Å². The van der Waals surface area contributed by atoms with Crippen LogP contribution in [0.2, 0.25) is 0 Å². The predicted molar refractivity (Wildman–Crippen MR) is 176 cm³/mol. The summed E-state index contributed by atoms with van der Waals surface area (Å²) in [5.41, 5.74) is 4.44. The zero-order chi connectivity index (χ0) is 33.3. The van der Waals surface area contributed by atoms with Gasteiger partial charge in [0.25, 0.3) is 0 Å². The maximum absolute atomic E-state index is 14.4. The third-order valence-corrected chi connectivity index (χ3v) is 7.75. The van der Waals surface area contributed by atoms with Gasteiger partial charge in [-0.25, -0.2) is 4.79 Å². The molecule has 3 aromatic rings. The molecule has 0 saturated heterocycles. The van der Waals surface area contributed by atoms with Crippen LogP contribution < -0.4 is 5.32 Å². The number of amides is 2. The highest BCUT2D eigenvalue weighted by atomic mass is 16.7. The van der Waals surface area contributed by atoms with Crippen LogP contribution in [0.25, 0.3) is 11.1 Å². The van der Waals surface area contributed by atoms with Crippen LogP contribution in [-0.2, 0) is 35.1 Å². The van der Waals surface area contributed by atoms with E-state index in [1.54, 1.807) is 25.7 Å². The minimum Gasteiger partial charge on any atom is -0.460 e. The Morgan fingerprint density at radius 1 is 0.826 bits per heavy atom. The highest BCUT2D eigenvalue weighted by molar-refractivity contribution is 5.90. The van der Waals surface area contributed by atoms with E-state index >= 15 is 0 Å². The molecular weight excluding hydrogens is 584 g/mol. The monoisotopic (exact) mass is 630 g/mol. The standard InChI is InChI=1S/C37H46N2O7/c1-7-43-35(44-8-2)25(3)39(23-26-16-10-9-11-17-26)34(41)32(22-33(40)46-37(4,5)6)38-36(42)45-24-31-29-20-14-12-18-27(29)28-19-13-15-21-30(28)31/h9-21,25,31-32,35H,7-8,22-24H2,1-6H3,(H,38,42)/t25-,32?/m0/s1. The zero-order valence-corrected chi connectivity index (χ0v) is 27.7. The third-order valence-electron chi connectivity index (χ3n) is 7.75. The summed E-state index contributed by atoms with van der Waals surface area (Å²) in [6, 6.07) is 23.8. The summed E-state index contributed by atoms with van der Waals surface area (Å²) in [6.07, 6.45) is -1.91. The summed E-state index contributed by atoms with van der Waals surface area (Å²) in [6.45, 7) is 11.8. The lowest BCUT2D eigenvalue weighted by Crippen LogP contribution is -2.55. The zero-order valence-electron chi connectivity index (χ0n) is 27.7. The Hall–Kier alpha value is -4.21. The van der Waals surface area contributed by atoms with Gasteiger partial charge in [0.15, 0.2) is 6.29 Å². The molecule has 2 amide bonds. The first-order valence-corrected chi connectivity index (χ1v) is 15.9. The average molecular weight is 631 g/mol. The Kier molecular flexibility index (Phi) is 12.0. The van der Waals surface area contributed by atoms with Crippen molar-refractivity contribution in [1.82, 2.24) is 10.2 Å². The van der Waals surface area contributed by atoms with Crippen molar-refractivity contribution in [3.05, 3.63) is 95.6 Å². The van der Waals surface area contributed by atoms with Crippen LogP contribution in [0.3, 0.4) is 0 Å². The number of nitrogens with one attached hydrogen (secondary N) is 1. The van der Waals surface area contributed by atoms with E-state index in [1.807, 2.05) is 87.5 Å². The molecule has 0 aliphatic heterocycles. The van der Waals surface area contributed by atoms with Crippen molar-refractivity contribution in [2.24, 2.45) is 0 Å². The summed E-state index contributed by atoms with van der Waals surface area (Å²) in [5.74, 6) is -1.27. The number of esters is 1. The average Bonchev–Trinajstić information content (AvgIpc) is 3.34. The number of fused-ring (bicyclic) bond motifs is 3. The van der Waals surface area contributed by atoms with Gasteiger partial charge in [0, 0.05) is 25.7 Å². The molecule has 0 saturated carbocycles. The number of rotatable bonds is 14. The molecule has 4 rings (SSSR count). The number of alkyl carbamates (subject to hydrolysis) is 1. The number of hydrogen-bond acceptors (Lipinski definition) is 7. The quantitative estimate of drug-likeness (QED) is 0.162. The molecule has 3 aromatic carbocycles. The van der Waals surface area contributed by atoms with Gasteiger partial charge in [-0.15, -0.1) is 0 Å². The van der Waals surface area contributed by atoms with E-state index in [-0.39, 0.29) is 25.5 Å². The van der Waals surface area contributed by atoms with Gasteiger partial charge < -0.3 is 29.2 Å². The first-order valence-electron chi connectivity index (χ1n) is 15.9. The molecule has 1 N–H and O–H groups in total. The van der Waals surface area contributed by atoms with Crippen molar-refractivity contribution in [1.29, 1.82) is 0 Å². The second-order valence-corrected chi connectivity index (χ2v) is 12.3. The van der Waals surface area contributed by atoms with Crippen molar-refractivity contribution in [2.75, 3.05) is 19.8 Å². The van der Waals surface area contributed by atoms with Crippen molar-refractivity contribution < 1.29 is 33.3 Å². The number of carbonyl (C=O) groups excluding carboxylic acids is 3. The molecule has 1 aliphatic carbocycles. The van der Waals surface area contributed by atoms with Crippen LogP contribution in [0.5, 0.6) is 0 Å². The van der Waals surface area contributed by atoms with Crippen LogP contribution >= 0.6 is 0 Å².